The van der Waals surface area contributed by atoms with E-state index in [1.165, 1.54) is 68.4 Å². The average molecular weight is 881 g/mol. The Hall–Kier alpha value is -5.43. The first-order valence-corrected chi connectivity index (χ1v) is 21.4. The van der Waals surface area contributed by atoms with E-state index in [1.807, 2.05) is 24.3 Å². The van der Waals surface area contributed by atoms with Crippen molar-refractivity contribution < 1.29 is 47.6 Å². The van der Waals surface area contributed by atoms with Gasteiger partial charge in [0.15, 0.2) is 23.2 Å². The Bertz CT molecular complexity index is 2330. The quantitative estimate of drug-likeness (QED) is 0.0381. The molecule has 4 N–H and O–H groups in total. The van der Waals surface area contributed by atoms with Gasteiger partial charge >= 0.3 is 18.1 Å². The first kappa shape index (κ1) is 46.1. The predicted molar refractivity (Wildman–Crippen MR) is 222 cm³/mol. The van der Waals surface area contributed by atoms with Crippen molar-refractivity contribution in [1.29, 1.82) is 0 Å². The highest BCUT2D eigenvalue weighted by molar-refractivity contribution is 7.98. The number of nitrogens with zero attached hydrogens (tertiary/aromatic N) is 6. The number of aliphatic hydroxyl groups excluding tert-OH is 2. The van der Waals surface area contributed by atoms with Crippen LogP contribution >= 0.6 is 11.8 Å². The van der Waals surface area contributed by atoms with Crippen LogP contribution in [0.1, 0.15) is 78.1 Å². The minimum absolute atomic E-state index is 0.186. The number of aromatic nitrogens is 5. The first-order valence-electron chi connectivity index (χ1n) is 20.4. The van der Waals surface area contributed by atoms with Crippen LogP contribution in [-0.2, 0) is 53.9 Å². The minimum atomic E-state index is -4.38. The maximum atomic E-state index is 13.6. The lowest BCUT2D eigenvalue weighted by atomic mass is 10.0. The minimum Gasteiger partial charge on any atom is -0.479 e. The highest BCUT2D eigenvalue weighted by atomic mass is 32.2. The Morgan fingerprint density at radius 1 is 0.726 bits per heavy atom. The number of fused-ring (bicyclic) bond motifs is 1. The van der Waals surface area contributed by atoms with Gasteiger partial charge in [0.1, 0.15) is 11.6 Å². The van der Waals surface area contributed by atoms with E-state index in [0.717, 1.165) is 90.4 Å². The Morgan fingerprint density at radius 3 is 1.94 bits per heavy atom. The topological polar surface area (TPSA) is 184 Å². The van der Waals surface area contributed by atoms with E-state index in [1.54, 1.807) is 12.1 Å². The molecule has 7 rings (SSSR count). The highest BCUT2D eigenvalue weighted by Crippen LogP contribution is 2.32. The van der Waals surface area contributed by atoms with Crippen LogP contribution in [0.15, 0.2) is 82.7 Å². The molecule has 3 aromatic carbocycles. The number of rotatable bonds is 16. The van der Waals surface area contributed by atoms with E-state index in [9.17, 15) is 31.9 Å². The molecule has 13 nitrogen and oxygen atoms in total. The third kappa shape index (κ3) is 12.1. The van der Waals surface area contributed by atoms with Crippen LogP contribution < -0.4 is 5.56 Å². The summed E-state index contributed by atoms with van der Waals surface area (Å²) in [5.41, 5.74) is 4.38. The number of carboxylic acids is 2. The molecule has 1 aliphatic carbocycles. The second-order valence-corrected chi connectivity index (χ2v) is 16.2. The van der Waals surface area contributed by atoms with Gasteiger partial charge in [0.05, 0.1) is 18.7 Å². The maximum absolute atomic E-state index is 13.6. The molecule has 0 radical (unpaired) electrons. The molecule has 2 atom stereocenters. The van der Waals surface area contributed by atoms with Crippen LogP contribution in [0.3, 0.4) is 0 Å². The van der Waals surface area contributed by atoms with Crippen molar-refractivity contribution in [2.75, 3.05) is 19.6 Å². The molecule has 0 saturated carbocycles. The van der Waals surface area contributed by atoms with Gasteiger partial charge in [-0.1, -0.05) is 66.7 Å². The van der Waals surface area contributed by atoms with Crippen molar-refractivity contribution in [2.24, 2.45) is 0 Å². The van der Waals surface area contributed by atoms with Gasteiger partial charge in [-0.15, -0.1) is 10.2 Å². The SMILES string of the molecule is O=C(O)C(O)C(O)C(=O)O.O=c1nc(SCc2ccc(F)cc2)n(Cc2nnc(CCCCN3CCCCC3)n2Cc2ccc(-c3ccc(C(F)(F)F)cc3)cc2)c2c1CCC2. The first-order chi connectivity index (χ1) is 29.7. The molecule has 62 heavy (non-hydrogen) atoms. The molecule has 5 aromatic rings. The van der Waals surface area contributed by atoms with Crippen LogP contribution in [0.25, 0.3) is 11.1 Å². The van der Waals surface area contributed by atoms with Gasteiger partial charge < -0.3 is 34.5 Å². The largest absolute Gasteiger partial charge is 0.479 e. The van der Waals surface area contributed by atoms with Crippen LogP contribution in [0.5, 0.6) is 0 Å². The summed E-state index contributed by atoms with van der Waals surface area (Å²) in [5.74, 6) is -1.64. The molecule has 0 bridgehead atoms. The summed E-state index contributed by atoms with van der Waals surface area (Å²) in [6, 6.07) is 19.4. The molecular weight excluding hydrogens is 833 g/mol. The van der Waals surface area contributed by atoms with E-state index in [4.69, 9.17) is 30.6 Å². The summed E-state index contributed by atoms with van der Waals surface area (Å²) in [7, 11) is 0. The van der Waals surface area contributed by atoms with Crippen LogP contribution in [0, 0.1) is 5.82 Å². The zero-order valence-electron chi connectivity index (χ0n) is 33.8. The smallest absolute Gasteiger partial charge is 0.416 e. The molecule has 2 unspecified atom stereocenters. The number of thioether (sulfide) groups is 1. The normalized spacial score (nSPS) is 15.1. The fraction of sp³-hybridized carbons (Fsp3) is 0.409. The fourth-order valence-corrected chi connectivity index (χ4v) is 8.46. The Balaban J connectivity index is 0.000000572. The third-order valence-electron chi connectivity index (χ3n) is 10.9. The van der Waals surface area contributed by atoms with Gasteiger partial charge in [-0.05, 0) is 111 Å². The van der Waals surface area contributed by atoms with Gasteiger partial charge in [0.25, 0.3) is 5.56 Å². The number of benzene rings is 3. The second kappa shape index (κ2) is 21.1. The lowest BCUT2D eigenvalue weighted by Crippen LogP contribution is -2.39. The van der Waals surface area contributed by atoms with Crippen molar-refractivity contribution >= 4 is 23.7 Å². The molecule has 2 aliphatic rings. The predicted octanol–water partition coefficient (Wildman–Crippen LogP) is 6.22. The fourth-order valence-electron chi connectivity index (χ4n) is 7.49. The van der Waals surface area contributed by atoms with Crippen molar-refractivity contribution in [3.63, 3.8) is 0 Å². The van der Waals surface area contributed by atoms with Gasteiger partial charge in [0.2, 0.25) is 0 Å². The number of carbonyl (C=O) groups is 2. The number of carboxylic acid groups (broad SMARTS) is 2. The van der Waals surface area contributed by atoms with Crippen molar-refractivity contribution in [3.8, 4) is 11.1 Å². The number of hydrogen-bond donors (Lipinski definition) is 4. The summed E-state index contributed by atoms with van der Waals surface area (Å²) < 4.78 is 57.2. The van der Waals surface area contributed by atoms with Gasteiger partial charge in [-0.3, -0.25) is 4.79 Å². The van der Waals surface area contributed by atoms with Gasteiger partial charge in [-0.2, -0.15) is 18.2 Å². The van der Waals surface area contributed by atoms with E-state index in [0.29, 0.717) is 36.0 Å². The standard InChI is InChI=1S/C40H42F4N6OS.C4H6O6/c41-33-20-12-29(13-21-33)27-52-39-45-38(51)34-7-6-8-35(34)49(39)26-37-47-46-36(9-2-5-24-48-22-3-1-4-23-48)50(37)25-28-10-14-30(15-11-28)31-16-18-32(19-17-31)40(42,43)44;5-1(3(7)8)2(6)4(9)10/h10-21H,1-9,22-27H2;1-2,5-6H,(H,7,8)(H,9,10). The number of alkyl halides is 3. The third-order valence-corrected chi connectivity index (χ3v) is 12.0. The molecule has 18 heteroatoms. The Kier molecular flexibility index (Phi) is 15.7. The molecule has 330 valence electrons. The van der Waals surface area contributed by atoms with Crippen LogP contribution in [0.4, 0.5) is 17.6 Å². The van der Waals surface area contributed by atoms with Gasteiger partial charge in [-0.25, -0.2) is 14.0 Å². The molecular formula is C44H48F4N6O7S. The lowest BCUT2D eigenvalue weighted by molar-refractivity contribution is -0.165. The lowest BCUT2D eigenvalue weighted by Gasteiger charge is -2.26. The molecule has 0 amide bonds. The number of piperidine rings is 1. The van der Waals surface area contributed by atoms with E-state index in [-0.39, 0.29) is 11.4 Å². The number of hydrogen-bond acceptors (Lipinski definition) is 10. The zero-order chi connectivity index (χ0) is 44.4. The number of likely N-dealkylation sites (tertiary alicyclic amines) is 1. The zero-order valence-corrected chi connectivity index (χ0v) is 34.6. The second-order valence-electron chi connectivity index (χ2n) is 15.3. The van der Waals surface area contributed by atoms with E-state index < -0.39 is 35.9 Å². The van der Waals surface area contributed by atoms with Crippen molar-refractivity contribution in [1.82, 2.24) is 29.2 Å². The number of aliphatic carboxylic acids is 2. The highest BCUT2D eigenvalue weighted by Gasteiger charge is 2.31. The molecule has 0 spiro atoms. The molecule has 3 heterocycles. The van der Waals surface area contributed by atoms with Crippen molar-refractivity contribution in [2.45, 2.75) is 100 Å². The number of unbranched alkanes of at least 4 members (excludes halogenated alkanes) is 1. The van der Waals surface area contributed by atoms with Gasteiger partial charge in [0, 0.05) is 23.4 Å². The molecule has 1 fully saturated rings. The Labute approximate surface area is 359 Å². The Morgan fingerprint density at radius 2 is 1.32 bits per heavy atom. The summed E-state index contributed by atoms with van der Waals surface area (Å²) in [5, 5.41) is 42.5. The molecule has 1 aliphatic heterocycles. The summed E-state index contributed by atoms with van der Waals surface area (Å²) in [6.45, 7) is 4.33. The summed E-state index contributed by atoms with van der Waals surface area (Å²) in [4.78, 5) is 39.7. The van der Waals surface area contributed by atoms with Crippen LogP contribution in [0.2, 0.25) is 0 Å². The maximum Gasteiger partial charge on any atom is 0.416 e. The van der Waals surface area contributed by atoms with E-state index >= 15 is 0 Å². The number of aryl methyl sites for hydroxylation is 1. The van der Waals surface area contributed by atoms with E-state index in [2.05, 4.69) is 19.0 Å². The molecule has 1 saturated heterocycles. The number of aliphatic hydroxyl groups is 2. The summed E-state index contributed by atoms with van der Waals surface area (Å²) >= 11 is 1.46. The summed E-state index contributed by atoms with van der Waals surface area (Å²) in [6.07, 6.45) is 0.133. The molecule has 2 aromatic heterocycles. The average Bonchev–Trinajstić information content (AvgIpc) is 3.91. The van der Waals surface area contributed by atoms with Crippen molar-refractivity contribution in [3.05, 3.63) is 129 Å². The number of halogens is 4. The van der Waals surface area contributed by atoms with Crippen LogP contribution in [-0.4, -0.2) is 93.4 Å². The monoisotopic (exact) mass is 880 g/mol.